The van der Waals surface area contributed by atoms with Gasteiger partial charge in [0.1, 0.15) is 23.2 Å². The number of likely N-dealkylation sites (N-methyl/N-ethyl adjacent to an activating group) is 1. The molecule has 41 heavy (non-hydrogen) atoms. The number of carbonyl (C=O) groups is 1. The first-order chi connectivity index (χ1) is 19.7. The molecule has 0 bridgehead atoms. The van der Waals surface area contributed by atoms with Crippen molar-refractivity contribution >= 4 is 39.8 Å². The molecular weight excluding hydrogens is 514 g/mol. The lowest BCUT2D eigenvalue weighted by molar-refractivity contribution is 0.102. The molecule has 3 heterocycles. The van der Waals surface area contributed by atoms with Gasteiger partial charge >= 0.3 is 0 Å². The van der Waals surface area contributed by atoms with Crippen molar-refractivity contribution < 1.29 is 4.79 Å². The number of aromatic nitrogens is 4. The molecule has 1 saturated heterocycles. The largest absolute Gasteiger partial charge is 0.369 e. The Morgan fingerprint density at radius 3 is 2.56 bits per heavy atom. The number of piperazine rings is 1. The highest BCUT2D eigenvalue weighted by molar-refractivity contribution is 6.05. The molecular formula is C31H35N9O. The number of benzene rings is 2. The van der Waals surface area contributed by atoms with Gasteiger partial charge < -0.3 is 20.4 Å². The molecule has 10 nitrogen and oxygen atoms in total. The van der Waals surface area contributed by atoms with Crippen LogP contribution in [0.3, 0.4) is 0 Å². The van der Waals surface area contributed by atoms with Crippen LogP contribution < -0.4 is 15.5 Å². The van der Waals surface area contributed by atoms with Crippen molar-refractivity contribution in [1.82, 2.24) is 24.8 Å². The highest BCUT2D eigenvalue weighted by Crippen LogP contribution is 2.30. The standard InChI is InChI=1S/C31H35N9O/c1-6-39-9-11-40(12-10-39)25-14-22(13-23(15-25)31(4,5)18-32)30(41)37-24-8-7-20(2)26(16-24)38-29-28-27(34-19-35-29)17-33-21(3)36-28/h7-8,13-17,19H,6,9-12H2,1-5H3,(H,37,41)(H,34,35,38). The molecule has 210 valence electrons. The molecule has 4 aromatic rings. The minimum Gasteiger partial charge on any atom is -0.369 e. The Morgan fingerprint density at radius 2 is 1.83 bits per heavy atom. The number of amides is 1. The van der Waals surface area contributed by atoms with Gasteiger partial charge in [-0.3, -0.25) is 4.79 Å². The average Bonchev–Trinajstić information content (AvgIpc) is 2.99. The molecule has 1 amide bonds. The van der Waals surface area contributed by atoms with Crippen molar-refractivity contribution in [2.24, 2.45) is 0 Å². The summed E-state index contributed by atoms with van der Waals surface area (Å²) in [6.45, 7) is 14.4. The van der Waals surface area contributed by atoms with Gasteiger partial charge in [-0.25, -0.2) is 19.9 Å². The molecule has 0 unspecified atom stereocenters. The van der Waals surface area contributed by atoms with Gasteiger partial charge in [-0.05, 0) is 75.7 Å². The van der Waals surface area contributed by atoms with Crippen molar-refractivity contribution in [3.05, 3.63) is 71.4 Å². The summed E-state index contributed by atoms with van der Waals surface area (Å²) in [4.78, 5) is 35.7. The molecule has 10 heteroatoms. The van der Waals surface area contributed by atoms with E-state index in [9.17, 15) is 10.1 Å². The maximum Gasteiger partial charge on any atom is 0.255 e. The maximum absolute atomic E-state index is 13.6. The molecule has 1 fully saturated rings. The normalized spacial score (nSPS) is 14.1. The first-order valence-electron chi connectivity index (χ1n) is 13.8. The van der Waals surface area contributed by atoms with E-state index in [-0.39, 0.29) is 5.91 Å². The van der Waals surface area contributed by atoms with E-state index in [1.807, 2.05) is 64.1 Å². The zero-order valence-corrected chi connectivity index (χ0v) is 24.2. The Balaban J connectivity index is 1.42. The summed E-state index contributed by atoms with van der Waals surface area (Å²) in [5.74, 6) is 0.951. The summed E-state index contributed by atoms with van der Waals surface area (Å²) >= 11 is 0. The molecule has 0 spiro atoms. The van der Waals surface area contributed by atoms with E-state index >= 15 is 0 Å². The molecule has 1 aliphatic rings. The van der Waals surface area contributed by atoms with Crippen LogP contribution in [-0.2, 0) is 5.41 Å². The second-order valence-electron chi connectivity index (χ2n) is 10.9. The number of rotatable bonds is 7. The van der Waals surface area contributed by atoms with Crippen LogP contribution in [0.15, 0.2) is 48.9 Å². The van der Waals surface area contributed by atoms with Crippen molar-refractivity contribution in [2.45, 2.75) is 40.0 Å². The minimum absolute atomic E-state index is 0.236. The van der Waals surface area contributed by atoms with Crippen LogP contribution in [0, 0.1) is 25.2 Å². The molecule has 0 atom stereocenters. The number of hydrogen-bond acceptors (Lipinski definition) is 9. The quantitative estimate of drug-likeness (QED) is 0.329. The number of nitrogens with zero attached hydrogens (tertiary/aromatic N) is 7. The third-order valence-corrected chi connectivity index (χ3v) is 7.61. The smallest absolute Gasteiger partial charge is 0.255 e. The van der Waals surface area contributed by atoms with E-state index in [4.69, 9.17) is 0 Å². The van der Waals surface area contributed by atoms with E-state index in [0.717, 1.165) is 55.2 Å². The summed E-state index contributed by atoms with van der Waals surface area (Å²) < 4.78 is 0. The third kappa shape index (κ3) is 6.10. The van der Waals surface area contributed by atoms with Gasteiger partial charge in [0.15, 0.2) is 5.82 Å². The fourth-order valence-corrected chi connectivity index (χ4v) is 4.87. The number of anilines is 4. The minimum atomic E-state index is -0.737. The monoisotopic (exact) mass is 549 g/mol. The second-order valence-corrected chi connectivity index (χ2v) is 10.9. The Hall–Kier alpha value is -4.62. The van der Waals surface area contributed by atoms with E-state index in [1.165, 1.54) is 6.33 Å². The fraction of sp³-hybridized carbons (Fsp3) is 0.355. The molecule has 5 rings (SSSR count). The Bertz CT molecular complexity index is 1630. The third-order valence-electron chi connectivity index (χ3n) is 7.61. The second kappa shape index (κ2) is 11.5. The van der Waals surface area contributed by atoms with Gasteiger partial charge in [-0.2, -0.15) is 5.26 Å². The van der Waals surface area contributed by atoms with Gasteiger partial charge in [0.2, 0.25) is 0 Å². The van der Waals surface area contributed by atoms with Crippen LogP contribution in [0.4, 0.5) is 22.9 Å². The lowest BCUT2D eigenvalue weighted by Gasteiger charge is -2.36. The highest BCUT2D eigenvalue weighted by Gasteiger charge is 2.25. The summed E-state index contributed by atoms with van der Waals surface area (Å²) in [7, 11) is 0. The molecule has 2 N–H and O–H groups in total. The van der Waals surface area contributed by atoms with Crippen molar-refractivity contribution in [1.29, 1.82) is 5.26 Å². The number of carbonyl (C=O) groups excluding carboxylic acids is 1. The Kier molecular flexibility index (Phi) is 7.81. The summed E-state index contributed by atoms with van der Waals surface area (Å²) in [5.41, 5.74) is 5.23. The van der Waals surface area contributed by atoms with Crippen molar-refractivity contribution in [3.8, 4) is 6.07 Å². The number of fused-ring (bicyclic) bond motifs is 1. The lowest BCUT2D eigenvalue weighted by Crippen LogP contribution is -2.46. The zero-order chi connectivity index (χ0) is 29.1. The van der Waals surface area contributed by atoms with Gasteiger partial charge in [0.25, 0.3) is 5.91 Å². The summed E-state index contributed by atoms with van der Waals surface area (Å²) in [6, 6.07) is 13.9. The molecule has 0 saturated carbocycles. The molecule has 2 aromatic heterocycles. The van der Waals surface area contributed by atoms with Crippen LogP contribution in [-0.4, -0.2) is 63.5 Å². The topological polar surface area (TPSA) is 123 Å². The van der Waals surface area contributed by atoms with E-state index in [1.54, 1.807) is 6.20 Å². The van der Waals surface area contributed by atoms with Crippen LogP contribution in [0.5, 0.6) is 0 Å². The van der Waals surface area contributed by atoms with Gasteiger partial charge in [-0.1, -0.05) is 13.0 Å². The lowest BCUT2D eigenvalue weighted by atomic mass is 9.85. The Labute approximate surface area is 240 Å². The van der Waals surface area contributed by atoms with E-state index in [0.29, 0.717) is 33.9 Å². The van der Waals surface area contributed by atoms with Crippen LogP contribution in [0.1, 0.15) is 48.1 Å². The number of aryl methyl sites for hydroxylation is 2. The van der Waals surface area contributed by atoms with Crippen LogP contribution in [0.25, 0.3) is 11.0 Å². The molecule has 1 aliphatic heterocycles. The predicted molar refractivity (Wildman–Crippen MR) is 162 cm³/mol. The number of nitrogens with one attached hydrogen (secondary N) is 2. The first kappa shape index (κ1) is 27.9. The van der Waals surface area contributed by atoms with E-state index in [2.05, 4.69) is 53.4 Å². The molecule has 2 aromatic carbocycles. The van der Waals surface area contributed by atoms with Gasteiger partial charge in [0.05, 0.1) is 17.7 Å². The maximum atomic E-state index is 13.6. The van der Waals surface area contributed by atoms with Crippen LogP contribution >= 0.6 is 0 Å². The SMILES string of the molecule is CCN1CCN(c2cc(C(=O)Nc3ccc(C)c(Nc4ncnc5cnc(C)nc45)c3)cc(C(C)(C)C#N)c2)CC1. The van der Waals surface area contributed by atoms with Gasteiger partial charge in [0, 0.05) is 48.8 Å². The van der Waals surface area contributed by atoms with Crippen LogP contribution in [0.2, 0.25) is 0 Å². The predicted octanol–water partition coefficient (Wildman–Crippen LogP) is 4.98. The molecule has 0 aliphatic carbocycles. The van der Waals surface area contributed by atoms with E-state index < -0.39 is 5.41 Å². The fourth-order valence-electron chi connectivity index (χ4n) is 4.87. The average molecular weight is 550 g/mol. The summed E-state index contributed by atoms with van der Waals surface area (Å²) in [6.07, 6.45) is 3.15. The number of hydrogen-bond donors (Lipinski definition) is 2. The van der Waals surface area contributed by atoms with Crippen molar-refractivity contribution in [2.75, 3.05) is 48.3 Å². The first-order valence-corrected chi connectivity index (χ1v) is 13.8. The van der Waals surface area contributed by atoms with Crippen molar-refractivity contribution in [3.63, 3.8) is 0 Å². The number of nitriles is 1. The van der Waals surface area contributed by atoms with Gasteiger partial charge in [-0.15, -0.1) is 0 Å². The molecule has 0 radical (unpaired) electrons. The Morgan fingerprint density at radius 1 is 1.05 bits per heavy atom. The highest BCUT2D eigenvalue weighted by atomic mass is 16.1. The zero-order valence-electron chi connectivity index (χ0n) is 24.2. The summed E-state index contributed by atoms with van der Waals surface area (Å²) in [5, 5.41) is 16.3.